The van der Waals surface area contributed by atoms with Gasteiger partial charge in [0.25, 0.3) is 0 Å². The molecular weight excluding hydrogens is 277 g/mol. The van der Waals surface area contributed by atoms with Crippen molar-refractivity contribution in [1.82, 2.24) is 9.38 Å². The van der Waals surface area contributed by atoms with Gasteiger partial charge in [0.15, 0.2) is 10.8 Å². The van der Waals surface area contributed by atoms with E-state index >= 15 is 0 Å². The van der Waals surface area contributed by atoms with Gasteiger partial charge in [-0.3, -0.25) is 4.40 Å². The van der Waals surface area contributed by atoms with E-state index in [1.54, 1.807) is 6.07 Å². The van der Waals surface area contributed by atoms with Crippen LogP contribution < -0.4 is 4.90 Å². The standard InChI is InChI=1S/C14H14FN3OS/c1-2-17(11-5-3-4-10(15)8-11)13-12(9-19)18-6-7-20-14(18)16-13/h3-8,19H,2,9H2,1H3. The number of hydrogen-bond acceptors (Lipinski definition) is 4. The zero-order valence-corrected chi connectivity index (χ0v) is 11.8. The molecule has 1 N–H and O–H groups in total. The van der Waals surface area contributed by atoms with Gasteiger partial charge in [-0.05, 0) is 25.1 Å². The first kappa shape index (κ1) is 13.1. The fraction of sp³-hybridized carbons (Fsp3) is 0.214. The lowest BCUT2D eigenvalue weighted by Crippen LogP contribution is -2.18. The minimum atomic E-state index is -0.285. The highest BCUT2D eigenvalue weighted by Crippen LogP contribution is 2.30. The Balaban J connectivity index is 2.13. The summed E-state index contributed by atoms with van der Waals surface area (Å²) in [5.41, 5.74) is 1.44. The quantitative estimate of drug-likeness (QED) is 0.802. The van der Waals surface area contributed by atoms with E-state index in [-0.39, 0.29) is 12.4 Å². The average molecular weight is 291 g/mol. The predicted octanol–water partition coefficient (Wildman–Crippen LogP) is 3.19. The first-order chi connectivity index (χ1) is 9.74. The summed E-state index contributed by atoms with van der Waals surface area (Å²) in [4.78, 5) is 7.26. The molecule has 20 heavy (non-hydrogen) atoms. The summed E-state index contributed by atoms with van der Waals surface area (Å²) in [7, 11) is 0. The molecule has 4 nitrogen and oxygen atoms in total. The Morgan fingerprint density at radius 2 is 2.30 bits per heavy atom. The lowest BCUT2D eigenvalue weighted by atomic mass is 10.2. The van der Waals surface area contributed by atoms with Gasteiger partial charge >= 0.3 is 0 Å². The molecule has 0 aliphatic rings. The second kappa shape index (κ2) is 5.22. The number of aliphatic hydroxyl groups is 1. The van der Waals surface area contributed by atoms with Crippen LogP contribution in [0, 0.1) is 5.82 Å². The van der Waals surface area contributed by atoms with Crippen molar-refractivity contribution < 1.29 is 9.50 Å². The number of anilines is 2. The van der Waals surface area contributed by atoms with Crippen LogP contribution in [0.25, 0.3) is 4.96 Å². The largest absolute Gasteiger partial charge is 0.390 e. The third-order valence-corrected chi connectivity index (χ3v) is 3.94. The molecule has 0 spiro atoms. The molecular formula is C14H14FN3OS. The topological polar surface area (TPSA) is 40.8 Å². The number of fused-ring (bicyclic) bond motifs is 1. The van der Waals surface area contributed by atoms with Crippen LogP contribution in [0.1, 0.15) is 12.6 Å². The van der Waals surface area contributed by atoms with Gasteiger partial charge in [-0.2, -0.15) is 0 Å². The molecule has 2 heterocycles. The molecule has 104 valence electrons. The van der Waals surface area contributed by atoms with Crippen molar-refractivity contribution in [1.29, 1.82) is 0 Å². The number of benzene rings is 1. The molecule has 6 heteroatoms. The highest BCUT2D eigenvalue weighted by Gasteiger charge is 2.19. The van der Waals surface area contributed by atoms with Crippen molar-refractivity contribution in [3.05, 3.63) is 47.4 Å². The second-order valence-corrected chi connectivity index (χ2v) is 5.19. The number of rotatable bonds is 4. The van der Waals surface area contributed by atoms with Gasteiger partial charge in [0.05, 0.1) is 12.3 Å². The third kappa shape index (κ3) is 2.07. The maximum atomic E-state index is 13.4. The van der Waals surface area contributed by atoms with E-state index in [0.717, 1.165) is 10.6 Å². The van der Waals surface area contributed by atoms with Crippen LogP contribution in [0.5, 0.6) is 0 Å². The van der Waals surface area contributed by atoms with Gasteiger partial charge in [0.1, 0.15) is 5.82 Å². The molecule has 0 fully saturated rings. The molecule has 3 rings (SSSR count). The van der Waals surface area contributed by atoms with Crippen LogP contribution in [0.4, 0.5) is 15.9 Å². The summed E-state index contributed by atoms with van der Waals surface area (Å²) in [5, 5.41) is 11.5. The van der Waals surface area contributed by atoms with Crippen molar-refractivity contribution >= 4 is 27.8 Å². The van der Waals surface area contributed by atoms with E-state index in [4.69, 9.17) is 0 Å². The monoisotopic (exact) mass is 291 g/mol. The van der Waals surface area contributed by atoms with Gasteiger partial charge in [-0.1, -0.05) is 6.07 Å². The Labute approximate surface area is 119 Å². The van der Waals surface area contributed by atoms with Crippen molar-refractivity contribution in [3.63, 3.8) is 0 Å². The smallest absolute Gasteiger partial charge is 0.195 e. The van der Waals surface area contributed by atoms with Crippen LogP contribution in [0.15, 0.2) is 35.8 Å². The Morgan fingerprint density at radius 3 is 3.00 bits per heavy atom. The van der Waals surface area contributed by atoms with Crippen LogP contribution in [-0.4, -0.2) is 21.0 Å². The lowest BCUT2D eigenvalue weighted by Gasteiger charge is -2.21. The lowest BCUT2D eigenvalue weighted by molar-refractivity contribution is 0.276. The van der Waals surface area contributed by atoms with E-state index < -0.39 is 0 Å². The average Bonchev–Trinajstić information content (AvgIpc) is 3.00. The molecule has 0 bridgehead atoms. The summed E-state index contributed by atoms with van der Waals surface area (Å²) >= 11 is 1.50. The molecule has 0 atom stereocenters. The second-order valence-electron chi connectivity index (χ2n) is 4.32. The zero-order chi connectivity index (χ0) is 14.1. The van der Waals surface area contributed by atoms with Crippen molar-refractivity contribution in [3.8, 4) is 0 Å². The van der Waals surface area contributed by atoms with Crippen molar-refractivity contribution in [2.75, 3.05) is 11.4 Å². The Bertz CT molecular complexity index is 737. The molecule has 0 aliphatic carbocycles. The Kier molecular flexibility index (Phi) is 3.42. The van der Waals surface area contributed by atoms with Gasteiger partial charge in [0, 0.05) is 23.8 Å². The highest BCUT2D eigenvalue weighted by atomic mass is 32.1. The summed E-state index contributed by atoms with van der Waals surface area (Å²) in [6.45, 7) is 2.50. The normalized spacial score (nSPS) is 11.2. The van der Waals surface area contributed by atoms with E-state index in [9.17, 15) is 9.50 Å². The van der Waals surface area contributed by atoms with Crippen LogP contribution in [0.3, 0.4) is 0 Å². The summed E-state index contributed by atoms with van der Waals surface area (Å²) in [5.74, 6) is 0.389. The molecule has 0 aliphatic heterocycles. The van der Waals surface area contributed by atoms with Crippen LogP contribution in [-0.2, 0) is 6.61 Å². The first-order valence-corrected chi connectivity index (χ1v) is 7.21. The number of nitrogens with zero attached hydrogens (tertiary/aromatic N) is 3. The number of aliphatic hydroxyl groups excluding tert-OH is 1. The number of imidazole rings is 1. The maximum Gasteiger partial charge on any atom is 0.195 e. The van der Waals surface area contributed by atoms with Gasteiger partial charge in [0.2, 0.25) is 0 Å². The van der Waals surface area contributed by atoms with Crippen LogP contribution >= 0.6 is 11.3 Å². The molecule has 0 unspecified atom stereocenters. The van der Waals surface area contributed by atoms with E-state index in [0.29, 0.717) is 18.1 Å². The van der Waals surface area contributed by atoms with E-state index in [1.807, 2.05) is 33.9 Å². The molecule has 0 saturated heterocycles. The van der Waals surface area contributed by atoms with Crippen molar-refractivity contribution in [2.45, 2.75) is 13.5 Å². The zero-order valence-electron chi connectivity index (χ0n) is 11.0. The molecule has 1 aromatic carbocycles. The third-order valence-electron chi connectivity index (χ3n) is 3.18. The first-order valence-electron chi connectivity index (χ1n) is 6.33. The number of thiazole rings is 1. The fourth-order valence-corrected chi connectivity index (χ4v) is 3.01. The summed E-state index contributed by atoms with van der Waals surface area (Å²) < 4.78 is 15.3. The molecule has 0 saturated carbocycles. The highest BCUT2D eigenvalue weighted by molar-refractivity contribution is 7.15. The Hall–Kier alpha value is -1.92. The fourth-order valence-electron chi connectivity index (χ4n) is 2.28. The number of aromatic nitrogens is 2. The summed E-state index contributed by atoms with van der Waals surface area (Å²) in [6.07, 6.45) is 1.88. The predicted molar refractivity (Wildman–Crippen MR) is 78.1 cm³/mol. The Morgan fingerprint density at radius 1 is 1.45 bits per heavy atom. The summed E-state index contributed by atoms with van der Waals surface area (Å²) in [6, 6.07) is 6.39. The SMILES string of the molecule is CCN(c1cccc(F)c1)c1nc2sccn2c1CO. The van der Waals surface area contributed by atoms with Crippen molar-refractivity contribution in [2.24, 2.45) is 0 Å². The van der Waals surface area contributed by atoms with Gasteiger partial charge in [-0.25, -0.2) is 9.37 Å². The minimum Gasteiger partial charge on any atom is -0.390 e. The van der Waals surface area contributed by atoms with Gasteiger partial charge in [-0.15, -0.1) is 11.3 Å². The molecule has 2 aromatic heterocycles. The number of halogens is 1. The van der Waals surface area contributed by atoms with Gasteiger partial charge < -0.3 is 10.0 Å². The molecule has 0 radical (unpaired) electrons. The molecule has 0 amide bonds. The van der Waals surface area contributed by atoms with E-state index in [2.05, 4.69) is 4.98 Å². The molecule has 3 aromatic rings. The number of hydrogen-bond donors (Lipinski definition) is 1. The maximum absolute atomic E-state index is 13.4. The van der Waals surface area contributed by atoms with Crippen LogP contribution in [0.2, 0.25) is 0 Å². The van der Waals surface area contributed by atoms with E-state index in [1.165, 1.54) is 23.5 Å². The minimum absolute atomic E-state index is 0.112.